The van der Waals surface area contributed by atoms with E-state index in [-0.39, 0.29) is 23.3 Å². The molecule has 0 fully saturated rings. The maximum Gasteiger partial charge on any atom is 0.355 e. The van der Waals surface area contributed by atoms with E-state index >= 15 is 0 Å². The molecule has 2 aromatic rings. The molecule has 0 radical (unpaired) electrons. The van der Waals surface area contributed by atoms with Gasteiger partial charge in [-0.1, -0.05) is 53.2 Å². The number of hydrogen-bond acceptors (Lipinski definition) is 5. The van der Waals surface area contributed by atoms with Gasteiger partial charge in [0, 0.05) is 5.92 Å². The van der Waals surface area contributed by atoms with Gasteiger partial charge in [0.05, 0.1) is 25.3 Å². The second kappa shape index (κ2) is 11.4. The van der Waals surface area contributed by atoms with Crippen LogP contribution in [0.25, 0.3) is 0 Å². The summed E-state index contributed by atoms with van der Waals surface area (Å²) < 4.78 is 23.8. The Morgan fingerprint density at radius 3 is 2.57 bits per heavy atom. The van der Waals surface area contributed by atoms with Crippen LogP contribution in [-0.2, 0) is 32.1 Å². The molecule has 2 aromatic carbocycles. The molecular weight excluding hydrogens is 385 g/mol. The number of oxime groups is 1. The summed E-state index contributed by atoms with van der Waals surface area (Å²) in [6.07, 6.45) is 0.557. The molecule has 1 unspecified atom stereocenters. The summed E-state index contributed by atoms with van der Waals surface area (Å²) in [6.45, 7) is 2.59. The largest absolute Gasteiger partial charge is 0.464 e. The van der Waals surface area contributed by atoms with Crippen molar-refractivity contribution in [3.8, 4) is 0 Å². The molecule has 28 heavy (non-hydrogen) atoms. The maximum absolute atomic E-state index is 13.4. The molecule has 0 aliphatic rings. The quantitative estimate of drug-likeness (QED) is 0.332. The van der Waals surface area contributed by atoms with Gasteiger partial charge in [-0.05, 0) is 36.6 Å². The zero-order valence-electron chi connectivity index (χ0n) is 15.9. The Morgan fingerprint density at radius 1 is 1.14 bits per heavy atom. The summed E-state index contributed by atoms with van der Waals surface area (Å²) in [6, 6.07) is 14.4. The number of carbonyl (C=O) groups is 1. The van der Waals surface area contributed by atoms with Crippen molar-refractivity contribution in [2.24, 2.45) is 11.1 Å². The highest BCUT2D eigenvalue weighted by molar-refractivity contribution is 6.35. The molecule has 1 atom stereocenters. The summed E-state index contributed by atoms with van der Waals surface area (Å²) in [4.78, 5) is 16.7. The molecule has 0 amide bonds. The summed E-state index contributed by atoms with van der Waals surface area (Å²) in [5.74, 6) is -1.08. The van der Waals surface area contributed by atoms with Crippen LogP contribution >= 0.6 is 11.6 Å². The van der Waals surface area contributed by atoms with Gasteiger partial charge in [-0.2, -0.15) is 0 Å². The molecule has 5 nitrogen and oxygen atoms in total. The number of nitrogens with zero attached hydrogens (tertiary/aromatic N) is 1. The lowest BCUT2D eigenvalue weighted by atomic mass is 10.0. The molecule has 0 aliphatic carbocycles. The molecule has 0 heterocycles. The van der Waals surface area contributed by atoms with Crippen molar-refractivity contribution < 1.29 is 23.5 Å². The summed E-state index contributed by atoms with van der Waals surface area (Å²) in [7, 11) is 1.28. The first-order chi connectivity index (χ1) is 13.5. The van der Waals surface area contributed by atoms with E-state index in [1.54, 1.807) is 12.1 Å². The van der Waals surface area contributed by atoms with E-state index in [1.165, 1.54) is 20.1 Å². The lowest BCUT2D eigenvalue weighted by Gasteiger charge is -2.17. The van der Waals surface area contributed by atoms with Gasteiger partial charge in [-0.25, -0.2) is 9.18 Å². The average Bonchev–Trinajstić information content (AvgIpc) is 2.70. The van der Waals surface area contributed by atoms with Crippen LogP contribution in [0.3, 0.4) is 0 Å². The van der Waals surface area contributed by atoms with E-state index < -0.39 is 11.8 Å². The Balaban J connectivity index is 1.97. The molecule has 0 saturated carbocycles. The minimum atomic E-state index is -0.554. The van der Waals surface area contributed by atoms with Crippen molar-refractivity contribution in [2.75, 3.05) is 20.3 Å². The zero-order valence-corrected chi connectivity index (χ0v) is 16.6. The van der Waals surface area contributed by atoms with Gasteiger partial charge >= 0.3 is 5.97 Å². The number of esters is 1. The average molecular weight is 408 g/mol. The number of rotatable bonds is 10. The Morgan fingerprint density at radius 2 is 1.89 bits per heavy atom. The first-order valence-electron chi connectivity index (χ1n) is 8.80. The van der Waals surface area contributed by atoms with Crippen LogP contribution in [0.2, 0.25) is 5.02 Å². The van der Waals surface area contributed by atoms with E-state index in [0.29, 0.717) is 19.6 Å². The standard InChI is InChI=1S/C21H23ClFNO4/c1-15(21(25)26-2)24-28-14-18(10-17-8-9-20(23)19(22)11-17)13-27-12-16-6-4-3-5-7-16/h3-9,11,18H,10,12-14H2,1-2H3/b24-15+. The topological polar surface area (TPSA) is 57.1 Å². The van der Waals surface area contributed by atoms with E-state index in [1.807, 2.05) is 30.3 Å². The fourth-order valence-electron chi connectivity index (χ4n) is 2.51. The molecule has 2 rings (SSSR count). The van der Waals surface area contributed by atoms with Crippen LogP contribution in [0.1, 0.15) is 18.1 Å². The molecule has 0 aliphatic heterocycles. The predicted octanol–water partition coefficient (Wildman–Crippen LogP) is 4.42. The van der Waals surface area contributed by atoms with Gasteiger partial charge < -0.3 is 14.3 Å². The fourth-order valence-corrected chi connectivity index (χ4v) is 2.71. The van der Waals surface area contributed by atoms with Gasteiger partial charge in [0.1, 0.15) is 12.4 Å². The summed E-state index contributed by atoms with van der Waals surface area (Å²) in [5.41, 5.74) is 2.04. The Labute approximate surface area is 169 Å². The van der Waals surface area contributed by atoms with Crippen LogP contribution < -0.4 is 0 Å². The number of methoxy groups -OCH3 is 1. The number of benzene rings is 2. The third-order valence-electron chi connectivity index (χ3n) is 3.97. The molecule has 7 heteroatoms. The van der Waals surface area contributed by atoms with Gasteiger partial charge in [0.2, 0.25) is 0 Å². The molecule has 0 aromatic heterocycles. The van der Waals surface area contributed by atoms with Gasteiger partial charge in [0.15, 0.2) is 5.71 Å². The van der Waals surface area contributed by atoms with Crippen LogP contribution in [-0.4, -0.2) is 32.0 Å². The van der Waals surface area contributed by atoms with Crippen molar-refractivity contribution in [3.05, 3.63) is 70.5 Å². The Hall–Kier alpha value is -2.44. The highest BCUT2D eigenvalue weighted by atomic mass is 35.5. The van der Waals surface area contributed by atoms with Crippen molar-refractivity contribution >= 4 is 23.3 Å². The van der Waals surface area contributed by atoms with Crippen molar-refractivity contribution in [2.45, 2.75) is 20.0 Å². The van der Waals surface area contributed by atoms with E-state index in [0.717, 1.165) is 11.1 Å². The van der Waals surface area contributed by atoms with Crippen LogP contribution in [0.4, 0.5) is 4.39 Å². The third kappa shape index (κ3) is 7.29. The Bertz CT molecular complexity index is 798. The highest BCUT2D eigenvalue weighted by Crippen LogP contribution is 2.19. The molecule has 150 valence electrons. The van der Waals surface area contributed by atoms with Crippen molar-refractivity contribution in [1.29, 1.82) is 0 Å². The summed E-state index contributed by atoms with van der Waals surface area (Å²) in [5, 5.41) is 3.85. The Kier molecular flexibility index (Phi) is 8.91. The number of carbonyl (C=O) groups excluding carboxylic acids is 1. The smallest absolute Gasteiger partial charge is 0.355 e. The van der Waals surface area contributed by atoms with Gasteiger partial charge in [-0.15, -0.1) is 0 Å². The minimum absolute atomic E-state index is 0.0700. The zero-order chi connectivity index (χ0) is 20.4. The maximum atomic E-state index is 13.4. The van der Waals surface area contributed by atoms with Crippen LogP contribution in [0.15, 0.2) is 53.7 Å². The molecule has 0 spiro atoms. The van der Waals surface area contributed by atoms with Crippen molar-refractivity contribution in [3.63, 3.8) is 0 Å². The number of hydrogen-bond donors (Lipinski definition) is 0. The third-order valence-corrected chi connectivity index (χ3v) is 4.26. The second-order valence-corrected chi connectivity index (χ2v) is 6.69. The predicted molar refractivity (Wildman–Crippen MR) is 106 cm³/mol. The molecule has 0 saturated heterocycles. The summed E-state index contributed by atoms with van der Waals surface area (Å²) >= 11 is 5.87. The fraction of sp³-hybridized carbons (Fsp3) is 0.333. The van der Waals surface area contributed by atoms with E-state index in [2.05, 4.69) is 9.89 Å². The molecular formula is C21H23ClFNO4. The minimum Gasteiger partial charge on any atom is -0.464 e. The second-order valence-electron chi connectivity index (χ2n) is 6.28. The van der Waals surface area contributed by atoms with Gasteiger partial charge in [0.25, 0.3) is 0 Å². The monoisotopic (exact) mass is 407 g/mol. The van der Waals surface area contributed by atoms with E-state index in [4.69, 9.17) is 21.2 Å². The lowest BCUT2D eigenvalue weighted by molar-refractivity contribution is -0.133. The molecule has 0 bridgehead atoms. The highest BCUT2D eigenvalue weighted by Gasteiger charge is 2.14. The number of halogens is 2. The normalized spacial score (nSPS) is 12.5. The van der Waals surface area contributed by atoms with Crippen molar-refractivity contribution in [1.82, 2.24) is 0 Å². The van der Waals surface area contributed by atoms with Crippen LogP contribution in [0, 0.1) is 11.7 Å². The SMILES string of the molecule is COC(=O)/C(C)=N/OCC(COCc1ccccc1)Cc1ccc(F)c(Cl)c1. The number of ether oxygens (including phenoxy) is 2. The van der Waals surface area contributed by atoms with Crippen LogP contribution in [0.5, 0.6) is 0 Å². The first-order valence-corrected chi connectivity index (χ1v) is 9.18. The molecule has 0 N–H and O–H groups in total. The first kappa shape index (κ1) is 21.9. The van der Waals surface area contributed by atoms with E-state index in [9.17, 15) is 9.18 Å². The lowest BCUT2D eigenvalue weighted by Crippen LogP contribution is -2.19. The van der Waals surface area contributed by atoms with Gasteiger partial charge in [-0.3, -0.25) is 0 Å².